The number of carbonyl (C=O) groups excluding carboxylic acids is 2. The molecule has 0 aliphatic carbocycles. The average molecular weight is 466 g/mol. The Morgan fingerprint density at radius 1 is 0.939 bits per heavy atom. The van der Waals surface area contributed by atoms with Crippen molar-refractivity contribution >= 4 is 23.4 Å². The summed E-state index contributed by atoms with van der Waals surface area (Å²) in [5.74, 6) is 0.889. The molecule has 0 saturated carbocycles. The molecular weight excluding hydrogens is 438 g/mol. The van der Waals surface area contributed by atoms with Gasteiger partial charge in [0.1, 0.15) is 5.75 Å². The zero-order chi connectivity index (χ0) is 23.5. The third-order valence-corrected chi connectivity index (χ3v) is 6.42. The van der Waals surface area contributed by atoms with E-state index in [4.69, 9.17) is 16.3 Å². The maximum absolute atomic E-state index is 13.5. The molecule has 33 heavy (non-hydrogen) atoms. The molecule has 1 aromatic heterocycles. The Hall–Kier alpha value is -3.25. The van der Waals surface area contributed by atoms with E-state index in [0.29, 0.717) is 43.2 Å². The highest BCUT2D eigenvalue weighted by Gasteiger charge is 2.27. The Bertz CT molecular complexity index is 1140. The van der Waals surface area contributed by atoms with E-state index in [-0.39, 0.29) is 11.8 Å². The molecule has 0 radical (unpaired) electrons. The van der Waals surface area contributed by atoms with Crippen LogP contribution in [0.5, 0.6) is 5.75 Å². The molecule has 6 nitrogen and oxygen atoms in total. The Morgan fingerprint density at radius 3 is 2.12 bits per heavy atom. The first kappa shape index (κ1) is 22.9. The predicted octanol–water partition coefficient (Wildman–Crippen LogP) is 4.81. The van der Waals surface area contributed by atoms with E-state index >= 15 is 0 Å². The van der Waals surface area contributed by atoms with E-state index in [1.807, 2.05) is 78.2 Å². The van der Waals surface area contributed by atoms with Crippen LogP contribution < -0.4 is 4.74 Å². The van der Waals surface area contributed by atoms with Gasteiger partial charge in [-0.1, -0.05) is 30.7 Å². The van der Waals surface area contributed by atoms with Gasteiger partial charge in [0, 0.05) is 49.0 Å². The van der Waals surface area contributed by atoms with Gasteiger partial charge in [-0.3, -0.25) is 9.59 Å². The van der Waals surface area contributed by atoms with Crippen molar-refractivity contribution in [1.82, 2.24) is 14.4 Å². The van der Waals surface area contributed by atoms with Gasteiger partial charge in [0.05, 0.1) is 18.4 Å². The molecule has 2 aromatic carbocycles. The fraction of sp³-hybridized carbons (Fsp3) is 0.308. The van der Waals surface area contributed by atoms with Crippen LogP contribution in [0.4, 0.5) is 0 Å². The van der Waals surface area contributed by atoms with Crippen molar-refractivity contribution in [2.45, 2.75) is 20.3 Å². The molecule has 0 spiro atoms. The predicted molar refractivity (Wildman–Crippen MR) is 130 cm³/mol. The zero-order valence-corrected chi connectivity index (χ0v) is 19.9. The van der Waals surface area contributed by atoms with Gasteiger partial charge in [-0.15, -0.1) is 0 Å². The van der Waals surface area contributed by atoms with Gasteiger partial charge >= 0.3 is 0 Å². The van der Waals surface area contributed by atoms with Crippen molar-refractivity contribution in [1.29, 1.82) is 0 Å². The third-order valence-electron chi connectivity index (χ3n) is 6.17. The van der Waals surface area contributed by atoms with E-state index in [1.165, 1.54) is 0 Å². The van der Waals surface area contributed by atoms with Crippen molar-refractivity contribution in [2.24, 2.45) is 0 Å². The summed E-state index contributed by atoms with van der Waals surface area (Å²) in [4.78, 5) is 29.2. The van der Waals surface area contributed by atoms with E-state index in [2.05, 4.69) is 4.57 Å². The summed E-state index contributed by atoms with van der Waals surface area (Å²) >= 11 is 6.11. The van der Waals surface area contributed by atoms with Crippen LogP contribution in [0.3, 0.4) is 0 Å². The van der Waals surface area contributed by atoms with Gasteiger partial charge in [-0.05, 0) is 55.0 Å². The minimum absolute atomic E-state index is 0.0152. The molecule has 1 saturated heterocycles. The summed E-state index contributed by atoms with van der Waals surface area (Å²) in [6.45, 7) is 6.04. The Labute approximate surface area is 199 Å². The standard InChI is InChI=1S/C26H28ClN3O3/c1-4-25(31)28-13-15-29(16-14-28)26(32)23-17-24(19-5-7-20(27)8-6-19)30(18(23)2)21-9-11-22(33-3)12-10-21/h5-12,17H,4,13-16H2,1-3H3. The van der Waals surface area contributed by atoms with Gasteiger partial charge in [0.25, 0.3) is 5.91 Å². The monoisotopic (exact) mass is 465 g/mol. The summed E-state index contributed by atoms with van der Waals surface area (Å²) in [6, 6.07) is 17.4. The number of methoxy groups -OCH3 is 1. The van der Waals surface area contributed by atoms with Crippen LogP contribution >= 0.6 is 11.6 Å². The lowest BCUT2D eigenvalue weighted by Crippen LogP contribution is -2.50. The lowest BCUT2D eigenvalue weighted by atomic mass is 10.1. The number of halogens is 1. The second kappa shape index (κ2) is 9.71. The van der Waals surface area contributed by atoms with E-state index < -0.39 is 0 Å². The molecule has 2 heterocycles. The molecule has 7 heteroatoms. The molecule has 172 valence electrons. The fourth-order valence-electron chi connectivity index (χ4n) is 4.27. The molecular formula is C26H28ClN3O3. The largest absolute Gasteiger partial charge is 0.497 e. The molecule has 0 N–H and O–H groups in total. The SMILES string of the molecule is CCC(=O)N1CCN(C(=O)c2cc(-c3ccc(Cl)cc3)n(-c3ccc(OC)cc3)c2C)CC1. The summed E-state index contributed by atoms with van der Waals surface area (Å²) < 4.78 is 7.40. The minimum atomic E-state index is -0.0152. The highest BCUT2D eigenvalue weighted by atomic mass is 35.5. The molecule has 2 amide bonds. The number of nitrogens with zero attached hydrogens (tertiary/aromatic N) is 3. The average Bonchev–Trinajstić information content (AvgIpc) is 3.20. The van der Waals surface area contributed by atoms with Gasteiger partial charge in [0.15, 0.2) is 0 Å². The molecule has 0 unspecified atom stereocenters. The summed E-state index contributed by atoms with van der Waals surface area (Å²) in [5, 5.41) is 0.661. The highest BCUT2D eigenvalue weighted by molar-refractivity contribution is 6.30. The number of hydrogen-bond donors (Lipinski definition) is 0. The lowest BCUT2D eigenvalue weighted by Gasteiger charge is -2.34. The smallest absolute Gasteiger partial charge is 0.255 e. The third kappa shape index (κ3) is 4.62. The second-order valence-corrected chi connectivity index (χ2v) is 8.53. The molecule has 1 aliphatic rings. The fourth-order valence-corrected chi connectivity index (χ4v) is 4.40. The molecule has 3 aromatic rings. The quantitative estimate of drug-likeness (QED) is 0.543. The van der Waals surface area contributed by atoms with Crippen LogP contribution in [0, 0.1) is 6.92 Å². The van der Waals surface area contributed by atoms with Crippen LogP contribution in [0.15, 0.2) is 54.6 Å². The number of ether oxygens (including phenoxy) is 1. The van der Waals surface area contributed by atoms with Crippen LogP contribution in [0.2, 0.25) is 5.02 Å². The topological polar surface area (TPSA) is 54.8 Å². The summed E-state index contributed by atoms with van der Waals surface area (Å²) in [5.41, 5.74) is 4.34. The van der Waals surface area contributed by atoms with E-state index in [0.717, 1.165) is 28.4 Å². The molecule has 1 aliphatic heterocycles. The van der Waals surface area contributed by atoms with Crippen molar-refractivity contribution in [3.05, 3.63) is 70.9 Å². The van der Waals surface area contributed by atoms with Crippen LogP contribution in [-0.2, 0) is 4.79 Å². The summed E-state index contributed by atoms with van der Waals surface area (Å²) in [6.07, 6.45) is 0.488. The van der Waals surface area contributed by atoms with Gasteiger partial charge in [-0.2, -0.15) is 0 Å². The van der Waals surface area contributed by atoms with E-state index in [1.54, 1.807) is 7.11 Å². The minimum Gasteiger partial charge on any atom is -0.497 e. The first-order valence-corrected chi connectivity index (χ1v) is 11.5. The Morgan fingerprint density at radius 2 is 1.55 bits per heavy atom. The van der Waals surface area contributed by atoms with Gasteiger partial charge in [-0.25, -0.2) is 0 Å². The molecule has 0 atom stereocenters. The maximum Gasteiger partial charge on any atom is 0.255 e. The van der Waals surface area contributed by atoms with Crippen molar-refractivity contribution in [3.63, 3.8) is 0 Å². The highest BCUT2D eigenvalue weighted by Crippen LogP contribution is 2.32. The molecule has 1 fully saturated rings. The Kier molecular flexibility index (Phi) is 6.75. The number of piperazine rings is 1. The van der Waals surface area contributed by atoms with Crippen LogP contribution in [0.25, 0.3) is 16.9 Å². The second-order valence-electron chi connectivity index (χ2n) is 8.10. The number of aromatic nitrogens is 1. The number of amides is 2. The number of hydrogen-bond acceptors (Lipinski definition) is 3. The van der Waals surface area contributed by atoms with Crippen LogP contribution in [-0.4, -0.2) is 59.5 Å². The number of carbonyl (C=O) groups is 2. The van der Waals surface area contributed by atoms with Crippen molar-refractivity contribution in [2.75, 3.05) is 33.3 Å². The van der Waals surface area contributed by atoms with Crippen LogP contribution in [0.1, 0.15) is 29.4 Å². The Balaban J connectivity index is 1.71. The van der Waals surface area contributed by atoms with Gasteiger partial charge in [0.2, 0.25) is 5.91 Å². The van der Waals surface area contributed by atoms with Crippen molar-refractivity contribution in [3.8, 4) is 22.7 Å². The lowest BCUT2D eigenvalue weighted by molar-refractivity contribution is -0.132. The van der Waals surface area contributed by atoms with Crippen molar-refractivity contribution < 1.29 is 14.3 Å². The maximum atomic E-state index is 13.5. The number of rotatable bonds is 5. The first-order valence-electron chi connectivity index (χ1n) is 11.1. The molecule has 4 rings (SSSR count). The summed E-state index contributed by atoms with van der Waals surface area (Å²) in [7, 11) is 1.64. The zero-order valence-electron chi connectivity index (χ0n) is 19.2. The van der Waals surface area contributed by atoms with E-state index in [9.17, 15) is 9.59 Å². The molecule has 0 bridgehead atoms. The normalized spacial score (nSPS) is 13.8. The number of benzene rings is 2. The van der Waals surface area contributed by atoms with Gasteiger partial charge < -0.3 is 19.1 Å². The first-order chi connectivity index (χ1) is 15.9.